The van der Waals surface area contributed by atoms with Crippen LogP contribution in [0.4, 0.5) is 0 Å². The number of carboxylic acid groups (broad SMARTS) is 1. The largest absolute Gasteiger partial charge is 0.481 e. The van der Waals surface area contributed by atoms with Crippen LogP contribution in [-0.4, -0.2) is 23.2 Å². The number of methoxy groups -OCH3 is 1. The maximum atomic E-state index is 11.0. The van der Waals surface area contributed by atoms with E-state index in [1.807, 2.05) is 0 Å². The molecule has 1 N–H and O–H groups in total. The van der Waals surface area contributed by atoms with Gasteiger partial charge in [0.25, 0.3) is 0 Å². The van der Waals surface area contributed by atoms with Gasteiger partial charge in [-0.15, -0.1) is 0 Å². The lowest BCUT2D eigenvalue weighted by Crippen LogP contribution is -1.98. The Hall–Kier alpha value is -2.27. The Bertz CT molecular complexity index is 615. The van der Waals surface area contributed by atoms with Crippen LogP contribution in [0.1, 0.15) is 10.4 Å². The Kier molecular flexibility index (Phi) is 3.87. The summed E-state index contributed by atoms with van der Waals surface area (Å²) in [5.74, 6) is -0.0699. The summed E-state index contributed by atoms with van der Waals surface area (Å²) in [5.41, 5.74) is -0.0259. The fraction of sp³-hybridized carbons (Fsp3) is 0.0769. The molecule has 0 aliphatic heterocycles. The van der Waals surface area contributed by atoms with Gasteiger partial charge in [0.15, 0.2) is 0 Å². The Labute approximate surface area is 114 Å². The highest BCUT2D eigenvalue weighted by molar-refractivity contribution is 6.33. The minimum absolute atomic E-state index is 0.0259. The van der Waals surface area contributed by atoms with Gasteiger partial charge in [0.2, 0.25) is 11.8 Å². The molecule has 0 atom stereocenters. The fourth-order valence-electron chi connectivity index (χ4n) is 1.42. The van der Waals surface area contributed by atoms with Gasteiger partial charge in [-0.05, 0) is 18.2 Å². The van der Waals surface area contributed by atoms with E-state index in [-0.39, 0.29) is 10.6 Å². The molecule has 0 amide bonds. The molecule has 5 nitrogen and oxygen atoms in total. The molecule has 0 bridgehead atoms. The van der Waals surface area contributed by atoms with Crippen molar-refractivity contribution >= 4 is 17.6 Å². The van der Waals surface area contributed by atoms with Crippen LogP contribution in [0.5, 0.6) is 17.5 Å². The SMILES string of the molecule is COc1cccc(Oc2ccc(Cl)c(C(=O)O)c2)n1. The summed E-state index contributed by atoms with van der Waals surface area (Å²) in [7, 11) is 1.50. The molecule has 19 heavy (non-hydrogen) atoms. The van der Waals surface area contributed by atoms with Crippen LogP contribution < -0.4 is 9.47 Å². The average molecular weight is 280 g/mol. The van der Waals surface area contributed by atoms with Gasteiger partial charge in [-0.25, -0.2) is 4.79 Å². The molecular formula is C13H10ClNO4. The number of halogens is 1. The zero-order valence-electron chi connectivity index (χ0n) is 9.96. The Balaban J connectivity index is 2.28. The maximum Gasteiger partial charge on any atom is 0.337 e. The summed E-state index contributed by atoms with van der Waals surface area (Å²) in [5, 5.41) is 9.11. The van der Waals surface area contributed by atoms with Gasteiger partial charge in [0.1, 0.15) is 5.75 Å². The van der Waals surface area contributed by atoms with Gasteiger partial charge in [0.05, 0.1) is 17.7 Å². The third-order valence-electron chi connectivity index (χ3n) is 2.30. The summed E-state index contributed by atoms with van der Waals surface area (Å²) in [6.07, 6.45) is 0. The van der Waals surface area contributed by atoms with Gasteiger partial charge in [-0.3, -0.25) is 0 Å². The minimum atomic E-state index is -1.12. The van der Waals surface area contributed by atoms with Crippen molar-refractivity contribution in [1.82, 2.24) is 4.98 Å². The molecule has 1 aromatic carbocycles. The van der Waals surface area contributed by atoms with Crippen LogP contribution in [0.25, 0.3) is 0 Å². The number of hydrogen-bond acceptors (Lipinski definition) is 4. The monoisotopic (exact) mass is 279 g/mol. The summed E-state index contributed by atoms with van der Waals surface area (Å²) in [6.45, 7) is 0. The number of hydrogen-bond donors (Lipinski definition) is 1. The summed E-state index contributed by atoms with van der Waals surface area (Å²) in [4.78, 5) is 15.0. The van der Waals surface area contributed by atoms with Crippen molar-refractivity contribution in [3.05, 3.63) is 47.0 Å². The third-order valence-corrected chi connectivity index (χ3v) is 2.63. The standard InChI is InChI=1S/C13H10ClNO4/c1-18-11-3-2-4-12(15-11)19-8-5-6-10(14)9(7-8)13(16)17/h2-7H,1H3,(H,16,17). The number of rotatable bonds is 4. The number of carboxylic acids is 1. The first-order valence-corrected chi connectivity index (χ1v) is 5.69. The fourth-order valence-corrected chi connectivity index (χ4v) is 1.62. The minimum Gasteiger partial charge on any atom is -0.481 e. The smallest absolute Gasteiger partial charge is 0.337 e. The Morgan fingerprint density at radius 3 is 2.68 bits per heavy atom. The van der Waals surface area contributed by atoms with E-state index in [2.05, 4.69) is 4.98 Å². The van der Waals surface area contributed by atoms with E-state index in [0.29, 0.717) is 17.5 Å². The van der Waals surface area contributed by atoms with Gasteiger partial charge in [-0.2, -0.15) is 4.98 Å². The predicted molar refractivity (Wildman–Crippen MR) is 69.3 cm³/mol. The van der Waals surface area contributed by atoms with Crippen LogP contribution in [0.3, 0.4) is 0 Å². The van der Waals surface area contributed by atoms with Crippen molar-refractivity contribution in [3.8, 4) is 17.5 Å². The molecule has 6 heteroatoms. The molecule has 2 aromatic rings. The molecule has 1 heterocycles. The van der Waals surface area contributed by atoms with E-state index < -0.39 is 5.97 Å². The van der Waals surface area contributed by atoms with E-state index in [1.165, 1.54) is 19.2 Å². The molecule has 2 rings (SSSR count). The van der Waals surface area contributed by atoms with Gasteiger partial charge in [-0.1, -0.05) is 17.7 Å². The van der Waals surface area contributed by atoms with E-state index in [4.69, 9.17) is 26.2 Å². The Morgan fingerprint density at radius 2 is 2.00 bits per heavy atom. The van der Waals surface area contributed by atoms with Crippen molar-refractivity contribution in [1.29, 1.82) is 0 Å². The molecule has 0 radical (unpaired) electrons. The van der Waals surface area contributed by atoms with Crippen molar-refractivity contribution in [3.63, 3.8) is 0 Å². The lowest BCUT2D eigenvalue weighted by Gasteiger charge is -2.07. The van der Waals surface area contributed by atoms with E-state index in [9.17, 15) is 4.79 Å². The van der Waals surface area contributed by atoms with E-state index in [1.54, 1.807) is 24.3 Å². The average Bonchev–Trinajstić information content (AvgIpc) is 2.41. The van der Waals surface area contributed by atoms with Crippen LogP contribution in [0, 0.1) is 0 Å². The van der Waals surface area contributed by atoms with Crippen LogP contribution in [0.2, 0.25) is 5.02 Å². The van der Waals surface area contributed by atoms with Gasteiger partial charge < -0.3 is 14.6 Å². The highest BCUT2D eigenvalue weighted by atomic mass is 35.5. The number of nitrogens with zero attached hydrogens (tertiary/aromatic N) is 1. The first-order valence-electron chi connectivity index (χ1n) is 5.32. The van der Waals surface area contributed by atoms with E-state index in [0.717, 1.165) is 0 Å². The van der Waals surface area contributed by atoms with Gasteiger partial charge >= 0.3 is 5.97 Å². The first-order chi connectivity index (χ1) is 9.10. The first kappa shape index (κ1) is 13.2. The number of aromatic nitrogens is 1. The number of benzene rings is 1. The topological polar surface area (TPSA) is 68.7 Å². The van der Waals surface area contributed by atoms with E-state index >= 15 is 0 Å². The number of pyridine rings is 1. The lowest BCUT2D eigenvalue weighted by atomic mass is 10.2. The van der Waals surface area contributed by atoms with Crippen molar-refractivity contribution in [2.45, 2.75) is 0 Å². The van der Waals surface area contributed by atoms with Crippen LogP contribution in [-0.2, 0) is 0 Å². The number of aromatic carboxylic acids is 1. The molecule has 0 saturated carbocycles. The second-order valence-corrected chi connectivity index (χ2v) is 3.97. The van der Waals surface area contributed by atoms with Crippen molar-refractivity contribution in [2.24, 2.45) is 0 Å². The highest BCUT2D eigenvalue weighted by Gasteiger charge is 2.10. The predicted octanol–water partition coefficient (Wildman–Crippen LogP) is 3.23. The lowest BCUT2D eigenvalue weighted by molar-refractivity contribution is 0.0696. The second kappa shape index (κ2) is 5.58. The van der Waals surface area contributed by atoms with Crippen LogP contribution >= 0.6 is 11.6 Å². The molecule has 98 valence electrons. The quantitative estimate of drug-likeness (QED) is 0.930. The molecule has 0 fully saturated rings. The molecule has 0 saturated heterocycles. The molecular weight excluding hydrogens is 270 g/mol. The Morgan fingerprint density at radius 1 is 1.26 bits per heavy atom. The molecule has 0 spiro atoms. The number of ether oxygens (including phenoxy) is 2. The molecule has 0 unspecified atom stereocenters. The maximum absolute atomic E-state index is 11.0. The summed E-state index contributed by atoms with van der Waals surface area (Å²) in [6, 6.07) is 9.40. The van der Waals surface area contributed by atoms with Crippen molar-refractivity contribution < 1.29 is 19.4 Å². The van der Waals surface area contributed by atoms with Gasteiger partial charge in [0, 0.05) is 12.1 Å². The normalized spacial score (nSPS) is 10.0. The second-order valence-electron chi connectivity index (χ2n) is 3.57. The summed E-state index contributed by atoms with van der Waals surface area (Å²) < 4.78 is 10.4. The molecule has 0 aliphatic rings. The highest BCUT2D eigenvalue weighted by Crippen LogP contribution is 2.26. The molecule has 0 aliphatic carbocycles. The van der Waals surface area contributed by atoms with Crippen molar-refractivity contribution in [2.75, 3.05) is 7.11 Å². The van der Waals surface area contributed by atoms with Crippen LogP contribution in [0.15, 0.2) is 36.4 Å². The summed E-state index contributed by atoms with van der Waals surface area (Å²) >= 11 is 5.77. The zero-order valence-corrected chi connectivity index (χ0v) is 10.7. The molecule has 1 aromatic heterocycles. The third kappa shape index (κ3) is 3.14. The zero-order chi connectivity index (χ0) is 13.8. The number of carbonyl (C=O) groups is 1.